The molecule has 1 aromatic heterocycles. The van der Waals surface area contributed by atoms with Gasteiger partial charge in [0.05, 0.1) is 11.4 Å². The number of hydrogen-bond acceptors (Lipinski definition) is 4. The van der Waals surface area contributed by atoms with E-state index in [0.29, 0.717) is 40.2 Å². The topological polar surface area (TPSA) is 76.2 Å². The number of benzene rings is 2. The second-order valence-corrected chi connectivity index (χ2v) is 5.75. The second kappa shape index (κ2) is 6.14. The van der Waals surface area contributed by atoms with Gasteiger partial charge in [-0.25, -0.2) is 8.78 Å². The molecule has 8 heteroatoms. The van der Waals surface area contributed by atoms with E-state index < -0.39 is 17.5 Å². The largest absolute Gasteiger partial charge is 0.454 e. The lowest BCUT2D eigenvalue weighted by Crippen LogP contribution is -2.13. The highest BCUT2D eigenvalue weighted by Crippen LogP contribution is 2.38. The highest BCUT2D eigenvalue weighted by Gasteiger charge is 2.20. The minimum absolute atomic E-state index is 0.125. The molecule has 0 saturated heterocycles. The number of nitrogens with one attached hydrogen (secondary N) is 2. The molecule has 3 aromatic rings. The normalized spacial score (nSPS) is 12.3. The number of amides is 1. The Labute approximate surface area is 146 Å². The predicted molar refractivity (Wildman–Crippen MR) is 89.2 cm³/mol. The SMILES string of the molecule is Cc1[nH]nc(-c2ccc3c(c2)OCO3)c1NC(=O)c1cc(F)cc(F)c1. The van der Waals surface area contributed by atoms with E-state index >= 15 is 0 Å². The number of hydrogen-bond donors (Lipinski definition) is 2. The molecule has 0 radical (unpaired) electrons. The van der Waals surface area contributed by atoms with Crippen molar-refractivity contribution in [2.24, 2.45) is 0 Å². The number of ether oxygens (including phenoxy) is 2. The summed E-state index contributed by atoms with van der Waals surface area (Å²) in [5.74, 6) is -1.09. The van der Waals surface area contributed by atoms with Crippen LogP contribution in [0.1, 0.15) is 16.1 Å². The van der Waals surface area contributed by atoms with Gasteiger partial charge in [0.1, 0.15) is 17.3 Å². The molecular weight excluding hydrogens is 344 g/mol. The van der Waals surface area contributed by atoms with Crippen LogP contribution in [0, 0.1) is 18.6 Å². The molecule has 2 heterocycles. The summed E-state index contributed by atoms with van der Waals surface area (Å²) >= 11 is 0. The van der Waals surface area contributed by atoms with Crippen LogP contribution in [0.5, 0.6) is 11.5 Å². The van der Waals surface area contributed by atoms with Gasteiger partial charge in [-0.2, -0.15) is 5.10 Å². The van der Waals surface area contributed by atoms with Crippen LogP contribution in [-0.2, 0) is 0 Å². The Balaban J connectivity index is 1.67. The lowest BCUT2D eigenvalue weighted by molar-refractivity contribution is 0.102. The van der Waals surface area contributed by atoms with Crippen LogP contribution in [0.4, 0.5) is 14.5 Å². The first-order valence-electron chi connectivity index (χ1n) is 7.73. The molecule has 4 rings (SSSR count). The Morgan fingerprint density at radius 3 is 2.62 bits per heavy atom. The van der Waals surface area contributed by atoms with Crippen LogP contribution in [0.25, 0.3) is 11.3 Å². The Hall–Kier alpha value is -3.42. The Bertz CT molecular complexity index is 997. The van der Waals surface area contributed by atoms with E-state index in [1.165, 1.54) is 0 Å². The van der Waals surface area contributed by atoms with E-state index in [0.717, 1.165) is 12.1 Å². The summed E-state index contributed by atoms with van der Waals surface area (Å²) in [5, 5.41) is 9.66. The van der Waals surface area contributed by atoms with Crippen LogP contribution in [-0.4, -0.2) is 22.9 Å². The summed E-state index contributed by atoms with van der Waals surface area (Å²) in [6, 6.07) is 7.91. The first kappa shape index (κ1) is 16.1. The van der Waals surface area contributed by atoms with Gasteiger partial charge < -0.3 is 14.8 Å². The number of H-pyrrole nitrogens is 1. The molecule has 1 aliphatic heterocycles. The van der Waals surface area contributed by atoms with E-state index in [-0.39, 0.29) is 12.4 Å². The number of aryl methyl sites for hydroxylation is 1. The monoisotopic (exact) mass is 357 g/mol. The first-order valence-corrected chi connectivity index (χ1v) is 7.73. The maximum atomic E-state index is 13.4. The highest BCUT2D eigenvalue weighted by molar-refractivity contribution is 6.06. The predicted octanol–water partition coefficient (Wildman–Crippen LogP) is 3.64. The third-order valence-corrected chi connectivity index (χ3v) is 3.96. The summed E-state index contributed by atoms with van der Waals surface area (Å²) in [6.45, 7) is 1.87. The lowest BCUT2D eigenvalue weighted by atomic mass is 10.1. The molecule has 0 atom stereocenters. The molecule has 1 amide bonds. The van der Waals surface area contributed by atoms with Crippen LogP contribution in [0.2, 0.25) is 0 Å². The van der Waals surface area contributed by atoms with Gasteiger partial charge >= 0.3 is 0 Å². The number of fused-ring (bicyclic) bond motifs is 1. The van der Waals surface area contributed by atoms with Gasteiger partial charge in [-0.3, -0.25) is 9.89 Å². The number of anilines is 1. The number of carbonyl (C=O) groups excluding carboxylic acids is 1. The second-order valence-electron chi connectivity index (χ2n) is 5.75. The zero-order valence-corrected chi connectivity index (χ0v) is 13.6. The molecule has 26 heavy (non-hydrogen) atoms. The minimum atomic E-state index is -0.824. The van der Waals surface area contributed by atoms with Crippen molar-refractivity contribution in [1.82, 2.24) is 10.2 Å². The zero-order valence-electron chi connectivity index (χ0n) is 13.6. The van der Waals surface area contributed by atoms with Gasteiger partial charge in [0.25, 0.3) is 5.91 Å². The van der Waals surface area contributed by atoms with Crippen LogP contribution in [0.15, 0.2) is 36.4 Å². The first-order chi connectivity index (χ1) is 12.5. The summed E-state index contributed by atoms with van der Waals surface area (Å²) in [7, 11) is 0. The number of halogens is 2. The van der Waals surface area contributed by atoms with E-state index in [1.807, 2.05) is 0 Å². The van der Waals surface area contributed by atoms with Gasteiger partial charge in [0, 0.05) is 17.2 Å². The molecule has 0 fully saturated rings. The van der Waals surface area contributed by atoms with E-state index in [9.17, 15) is 13.6 Å². The van der Waals surface area contributed by atoms with Crippen molar-refractivity contribution in [2.45, 2.75) is 6.92 Å². The summed E-state index contributed by atoms with van der Waals surface area (Å²) in [5.41, 5.74) is 2.06. The third kappa shape index (κ3) is 2.85. The molecule has 132 valence electrons. The molecule has 0 spiro atoms. The Morgan fingerprint density at radius 1 is 1.12 bits per heavy atom. The average Bonchev–Trinajstić information content (AvgIpc) is 3.20. The molecule has 0 unspecified atom stereocenters. The van der Waals surface area contributed by atoms with Gasteiger partial charge in [-0.15, -0.1) is 0 Å². The number of carbonyl (C=O) groups is 1. The van der Waals surface area contributed by atoms with Gasteiger partial charge in [-0.05, 0) is 37.3 Å². The number of aromatic nitrogens is 2. The maximum Gasteiger partial charge on any atom is 0.255 e. The Morgan fingerprint density at radius 2 is 1.85 bits per heavy atom. The highest BCUT2D eigenvalue weighted by atomic mass is 19.1. The molecule has 2 aromatic carbocycles. The summed E-state index contributed by atoms with van der Waals surface area (Å²) < 4.78 is 37.3. The Kier molecular flexibility index (Phi) is 3.80. The van der Waals surface area contributed by atoms with Crippen LogP contribution < -0.4 is 14.8 Å². The van der Waals surface area contributed by atoms with Gasteiger partial charge in [0.15, 0.2) is 11.5 Å². The lowest BCUT2D eigenvalue weighted by Gasteiger charge is -2.08. The minimum Gasteiger partial charge on any atom is -0.454 e. The number of nitrogens with zero attached hydrogens (tertiary/aromatic N) is 1. The van der Waals surface area contributed by atoms with Gasteiger partial charge in [0.2, 0.25) is 6.79 Å². The van der Waals surface area contributed by atoms with Crippen LogP contribution in [0.3, 0.4) is 0 Å². The molecular formula is C18H13F2N3O3. The van der Waals surface area contributed by atoms with E-state index in [4.69, 9.17) is 9.47 Å². The van der Waals surface area contributed by atoms with Crippen molar-refractivity contribution in [3.63, 3.8) is 0 Å². The van der Waals surface area contributed by atoms with Crippen molar-refractivity contribution in [2.75, 3.05) is 12.1 Å². The van der Waals surface area contributed by atoms with Crippen molar-refractivity contribution >= 4 is 11.6 Å². The molecule has 6 nitrogen and oxygen atoms in total. The van der Waals surface area contributed by atoms with Crippen LogP contribution >= 0.6 is 0 Å². The fraction of sp³-hybridized carbons (Fsp3) is 0.111. The summed E-state index contributed by atoms with van der Waals surface area (Å²) in [4.78, 5) is 12.4. The molecule has 1 aliphatic rings. The summed E-state index contributed by atoms with van der Waals surface area (Å²) in [6.07, 6.45) is 0. The van der Waals surface area contributed by atoms with E-state index in [1.54, 1.807) is 25.1 Å². The standard InChI is InChI=1S/C18H13F2N3O3/c1-9-16(21-18(24)11-4-12(19)7-13(20)5-11)17(23-22-9)10-2-3-14-15(6-10)26-8-25-14/h2-7H,8H2,1H3,(H,21,24)(H,22,23). The van der Waals surface area contributed by atoms with E-state index in [2.05, 4.69) is 15.5 Å². The zero-order chi connectivity index (χ0) is 18.3. The van der Waals surface area contributed by atoms with Gasteiger partial charge in [-0.1, -0.05) is 0 Å². The van der Waals surface area contributed by atoms with Crippen molar-refractivity contribution in [3.05, 3.63) is 59.3 Å². The van der Waals surface area contributed by atoms with Crippen molar-refractivity contribution < 1.29 is 23.0 Å². The fourth-order valence-electron chi connectivity index (χ4n) is 2.71. The fourth-order valence-corrected chi connectivity index (χ4v) is 2.71. The molecule has 0 bridgehead atoms. The molecule has 0 aliphatic carbocycles. The number of aromatic amines is 1. The smallest absolute Gasteiger partial charge is 0.255 e. The van der Waals surface area contributed by atoms with Crippen molar-refractivity contribution in [3.8, 4) is 22.8 Å². The third-order valence-electron chi connectivity index (χ3n) is 3.96. The van der Waals surface area contributed by atoms with Crippen molar-refractivity contribution in [1.29, 1.82) is 0 Å². The maximum absolute atomic E-state index is 13.4. The quantitative estimate of drug-likeness (QED) is 0.750. The molecule has 0 saturated carbocycles. The number of rotatable bonds is 3. The average molecular weight is 357 g/mol. The molecule has 2 N–H and O–H groups in total.